The molecule has 2 N–H and O–H groups in total. The smallest absolute Gasteiger partial charge is 0.225 e. The van der Waals surface area contributed by atoms with Crippen molar-refractivity contribution in [3.63, 3.8) is 0 Å². The molecule has 2 rings (SSSR count). The van der Waals surface area contributed by atoms with E-state index in [1.54, 1.807) is 0 Å². The number of piperidine rings is 2. The lowest BCUT2D eigenvalue weighted by Gasteiger charge is -2.36. The number of carbonyl (C=O) groups excluding carboxylic acids is 2. The minimum absolute atomic E-state index is 0.0904. The fraction of sp³-hybridized carbons (Fsp3) is 0.889. The molecule has 0 unspecified atom stereocenters. The van der Waals surface area contributed by atoms with Crippen LogP contribution in [0.2, 0.25) is 0 Å². The second-order valence-corrected chi connectivity index (χ2v) is 7.17. The molecular weight excluding hydrogens is 290 g/mol. The predicted molar refractivity (Wildman–Crippen MR) is 92.0 cm³/mol. The van der Waals surface area contributed by atoms with Gasteiger partial charge in [0.15, 0.2) is 0 Å². The molecule has 0 radical (unpaired) electrons. The van der Waals surface area contributed by atoms with E-state index in [1.807, 2.05) is 4.90 Å². The molecule has 0 aliphatic carbocycles. The SMILES string of the molecule is CCCCCNC(=O)C1CCN(C(=O)[C@H]2CCN[C@@H](C)C2)CC1. The van der Waals surface area contributed by atoms with Crippen molar-refractivity contribution in [1.29, 1.82) is 0 Å². The van der Waals surface area contributed by atoms with E-state index in [1.165, 1.54) is 12.8 Å². The van der Waals surface area contributed by atoms with Gasteiger partial charge in [-0.1, -0.05) is 19.8 Å². The average molecular weight is 323 g/mol. The summed E-state index contributed by atoms with van der Waals surface area (Å²) < 4.78 is 0. The highest BCUT2D eigenvalue weighted by Crippen LogP contribution is 2.23. The highest BCUT2D eigenvalue weighted by atomic mass is 16.2. The summed E-state index contributed by atoms with van der Waals surface area (Å²) in [5, 5.41) is 6.45. The highest BCUT2D eigenvalue weighted by molar-refractivity contribution is 5.81. The van der Waals surface area contributed by atoms with Gasteiger partial charge in [0.2, 0.25) is 11.8 Å². The van der Waals surface area contributed by atoms with E-state index in [4.69, 9.17) is 0 Å². The lowest BCUT2D eigenvalue weighted by atomic mass is 9.90. The van der Waals surface area contributed by atoms with Gasteiger partial charge in [-0.25, -0.2) is 0 Å². The summed E-state index contributed by atoms with van der Waals surface area (Å²) in [5.74, 6) is 0.752. The molecule has 0 aromatic carbocycles. The molecule has 0 spiro atoms. The van der Waals surface area contributed by atoms with Crippen molar-refractivity contribution in [1.82, 2.24) is 15.5 Å². The number of likely N-dealkylation sites (tertiary alicyclic amines) is 1. The number of carbonyl (C=O) groups is 2. The molecule has 2 fully saturated rings. The van der Waals surface area contributed by atoms with Crippen LogP contribution in [0.25, 0.3) is 0 Å². The van der Waals surface area contributed by atoms with Crippen molar-refractivity contribution >= 4 is 11.8 Å². The summed E-state index contributed by atoms with van der Waals surface area (Å²) in [6.45, 7) is 7.52. The first-order valence-corrected chi connectivity index (χ1v) is 9.41. The van der Waals surface area contributed by atoms with Crippen LogP contribution >= 0.6 is 0 Å². The molecule has 2 aliphatic rings. The van der Waals surface area contributed by atoms with Gasteiger partial charge >= 0.3 is 0 Å². The number of hydrogen-bond donors (Lipinski definition) is 2. The van der Waals surface area contributed by atoms with E-state index in [2.05, 4.69) is 24.5 Å². The zero-order valence-corrected chi connectivity index (χ0v) is 14.8. The molecule has 2 atom stereocenters. The van der Waals surface area contributed by atoms with Gasteiger partial charge in [-0.05, 0) is 45.6 Å². The van der Waals surface area contributed by atoms with Crippen LogP contribution < -0.4 is 10.6 Å². The molecule has 0 saturated carbocycles. The molecular formula is C18H33N3O2. The fourth-order valence-corrected chi connectivity index (χ4v) is 3.71. The van der Waals surface area contributed by atoms with Gasteiger partial charge in [0.05, 0.1) is 0 Å². The van der Waals surface area contributed by atoms with Crippen LogP contribution in [0.4, 0.5) is 0 Å². The number of nitrogens with zero attached hydrogens (tertiary/aromatic N) is 1. The lowest BCUT2D eigenvalue weighted by molar-refractivity contribution is -0.140. The topological polar surface area (TPSA) is 61.4 Å². The van der Waals surface area contributed by atoms with Gasteiger partial charge in [-0.2, -0.15) is 0 Å². The van der Waals surface area contributed by atoms with Gasteiger partial charge < -0.3 is 15.5 Å². The Kier molecular flexibility index (Phi) is 7.34. The third kappa shape index (κ3) is 5.48. The molecule has 0 bridgehead atoms. The van der Waals surface area contributed by atoms with Gasteiger partial charge in [-0.3, -0.25) is 9.59 Å². The number of unbranched alkanes of at least 4 members (excludes halogenated alkanes) is 2. The Morgan fingerprint density at radius 3 is 2.52 bits per heavy atom. The first-order valence-electron chi connectivity index (χ1n) is 9.41. The summed E-state index contributed by atoms with van der Waals surface area (Å²) in [6, 6.07) is 0.434. The van der Waals surface area contributed by atoms with E-state index in [0.29, 0.717) is 11.9 Å². The Hall–Kier alpha value is -1.10. The van der Waals surface area contributed by atoms with Crippen molar-refractivity contribution in [3.8, 4) is 0 Å². The van der Waals surface area contributed by atoms with Crippen LogP contribution in [0, 0.1) is 11.8 Å². The molecule has 2 heterocycles. The minimum Gasteiger partial charge on any atom is -0.356 e. The van der Waals surface area contributed by atoms with Crippen LogP contribution in [-0.4, -0.2) is 48.9 Å². The first-order chi connectivity index (χ1) is 11.1. The second-order valence-electron chi connectivity index (χ2n) is 7.17. The van der Waals surface area contributed by atoms with Crippen molar-refractivity contribution in [2.45, 2.75) is 64.8 Å². The minimum atomic E-state index is 0.0904. The number of hydrogen-bond acceptors (Lipinski definition) is 3. The third-order valence-corrected chi connectivity index (χ3v) is 5.23. The Bertz CT molecular complexity index is 392. The number of nitrogens with one attached hydrogen (secondary N) is 2. The normalized spacial score (nSPS) is 26.1. The Morgan fingerprint density at radius 2 is 1.87 bits per heavy atom. The highest BCUT2D eigenvalue weighted by Gasteiger charge is 2.32. The van der Waals surface area contributed by atoms with E-state index in [9.17, 15) is 9.59 Å². The molecule has 2 saturated heterocycles. The second kappa shape index (κ2) is 9.26. The maximum absolute atomic E-state index is 12.6. The van der Waals surface area contributed by atoms with Crippen molar-refractivity contribution in [2.75, 3.05) is 26.2 Å². The Balaban J connectivity index is 1.70. The van der Waals surface area contributed by atoms with Gasteiger partial charge in [0.1, 0.15) is 0 Å². The van der Waals surface area contributed by atoms with E-state index in [-0.39, 0.29) is 17.7 Å². The maximum atomic E-state index is 12.6. The lowest BCUT2D eigenvalue weighted by Crippen LogP contribution is -2.48. The van der Waals surface area contributed by atoms with E-state index in [0.717, 1.165) is 58.3 Å². The van der Waals surface area contributed by atoms with Crippen LogP contribution in [0.15, 0.2) is 0 Å². The molecule has 5 nitrogen and oxygen atoms in total. The van der Waals surface area contributed by atoms with Gasteiger partial charge in [0, 0.05) is 37.5 Å². The largest absolute Gasteiger partial charge is 0.356 e. The molecule has 132 valence electrons. The molecule has 0 aromatic heterocycles. The van der Waals surface area contributed by atoms with Gasteiger partial charge in [0.25, 0.3) is 0 Å². The summed E-state index contributed by atoms with van der Waals surface area (Å²) in [7, 11) is 0. The van der Waals surface area contributed by atoms with Crippen LogP contribution in [0.5, 0.6) is 0 Å². The quantitative estimate of drug-likeness (QED) is 0.734. The predicted octanol–water partition coefficient (Wildman–Crippen LogP) is 1.92. The maximum Gasteiger partial charge on any atom is 0.225 e. The fourth-order valence-electron chi connectivity index (χ4n) is 3.71. The monoisotopic (exact) mass is 323 g/mol. The van der Waals surface area contributed by atoms with E-state index >= 15 is 0 Å². The molecule has 23 heavy (non-hydrogen) atoms. The third-order valence-electron chi connectivity index (χ3n) is 5.23. The summed E-state index contributed by atoms with van der Waals surface area (Å²) in [5.41, 5.74) is 0. The average Bonchev–Trinajstić information content (AvgIpc) is 2.58. The standard InChI is InChI=1S/C18H33N3O2/c1-3-4-5-9-20-17(22)15-7-11-21(12-8-15)18(23)16-6-10-19-14(2)13-16/h14-16,19H,3-13H2,1-2H3,(H,20,22)/t14-,16-/m0/s1. The van der Waals surface area contributed by atoms with E-state index < -0.39 is 0 Å². The Morgan fingerprint density at radius 1 is 1.13 bits per heavy atom. The first kappa shape index (κ1) is 18.2. The van der Waals surface area contributed by atoms with Crippen LogP contribution in [0.1, 0.15) is 58.8 Å². The van der Waals surface area contributed by atoms with Crippen molar-refractivity contribution in [2.24, 2.45) is 11.8 Å². The van der Waals surface area contributed by atoms with Crippen molar-refractivity contribution < 1.29 is 9.59 Å². The summed E-state index contributed by atoms with van der Waals surface area (Å²) >= 11 is 0. The zero-order valence-electron chi connectivity index (χ0n) is 14.8. The summed E-state index contributed by atoms with van der Waals surface area (Å²) in [6.07, 6.45) is 6.91. The molecule has 2 aliphatic heterocycles. The number of amides is 2. The zero-order chi connectivity index (χ0) is 16.7. The van der Waals surface area contributed by atoms with Crippen LogP contribution in [-0.2, 0) is 9.59 Å². The van der Waals surface area contributed by atoms with Gasteiger partial charge in [-0.15, -0.1) is 0 Å². The van der Waals surface area contributed by atoms with Crippen LogP contribution in [0.3, 0.4) is 0 Å². The number of rotatable bonds is 6. The Labute approximate surface area is 140 Å². The molecule has 2 amide bonds. The summed E-state index contributed by atoms with van der Waals surface area (Å²) in [4.78, 5) is 26.8. The van der Waals surface area contributed by atoms with Crippen molar-refractivity contribution in [3.05, 3.63) is 0 Å². The molecule has 0 aromatic rings. The molecule has 5 heteroatoms.